The fraction of sp³-hybridized carbons (Fsp3) is 0.182. The summed E-state index contributed by atoms with van der Waals surface area (Å²) in [6.07, 6.45) is 0. The number of para-hydroxylation sites is 1. The number of rotatable bonds is 5. The predicted molar refractivity (Wildman–Crippen MR) is 117 cm³/mol. The minimum atomic E-state index is -0.563. The first-order valence-corrected chi connectivity index (χ1v) is 10.3. The van der Waals surface area contributed by atoms with Gasteiger partial charge in [0.15, 0.2) is 6.61 Å². The minimum Gasteiger partial charge on any atom is -0.482 e. The number of anilines is 2. The maximum atomic E-state index is 12.7. The number of fused-ring (bicyclic) bond motifs is 1. The van der Waals surface area contributed by atoms with Gasteiger partial charge in [0, 0.05) is 10.9 Å². The van der Waals surface area contributed by atoms with Crippen molar-refractivity contribution in [2.75, 3.05) is 30.5 Å². The quantitative estimate of drug-likeness (QED) is 0.616. The third kappa shape index (κ3) is 4.26. The number of amides is 2. The number of nitrogens with zero attached hydrogens (tertiary/aromatic N) is 2. The molecule has 1 aliphatic heterocycles. The Morgan fingerprint density at radius 1 is 1.26 bits per heavy atom. The number of carbonyl (C=O) groups is 3. The van der Waals surface area contributed by atoms with Gasteiger partial charge in [-0.2, -0.15) is 0 Å². The van der Waals surface area contributed by atoms with Crippen LogP contribution in [0.2, 0.25) is 0 Å². The summed E-state index contributed by atoms with van der Waals surface area (Å²) < 4.78 is 10.3. The first-order valence-electron chi connectivity index (χ1n) is 9.43. The molecule has 1 N–H and O–H groups in total. The number of ether oxygens (including phenoxy) is 2. The zero-order valence-corrected chi connectivity index (χ0v) is 17.7. The molecule has 0 fully saturated rings. The standard InChI is InChI=1S/C22H19N3O5S/c1-13-23-17(12-31-13)14-7-8-19-18(9-14)25(21(27)11-30-19)10-20(26)24-16-6-4-3-5-15(16)22(28)29-2/h3-9,12H,10-11H2,1-2H3,(H,24,26). The van der Waals surface area contributed by atoms with Crippen LogP contribution in [0.15, 0.2) is 47.8 Å². The number of benzene rings is 2. The third-order valence-electron chi connectivity index (χ3n) is 4.72. The van der Waals surface area contributed by atoms with Gasteiger partial charge in [-0.25, -0.2) is 9.78 Å². The van der Waals surface area contributed by atoms with E-state index < -0.39 is 11.9 Å². The van der Waals surface area contributed by atoms with E-state index in [0.29, 0.717) is 17.1 Å². The lowest BCUT2D eigenvalue weighted by molar-refractivity contribution is -0.123. The zero-order valence-electron chi connectivity index (χ0n) is 16.9. The number of nitrogens with one attached hydrogen (secondary N) is 1. The van der Waals surface area contributed by atoms with Gasteiger partial charge in [-0.3, -0.25) is 14.5 Å². The summed E-state index contributed by atoms with van der Waals surface area (Å²) in [6.45, 7) is 1.53. The second-order valence-corrected chi connectivity index (χ2v) is 7.85. The number of methoxy groups -OCH3 is 1. The molecule has 8 nitrogen and oxygen atoms in total. The Labute approximate surface area is 182 Å². The van der Waals surface area contributed by atoms with E-state index in [4.69, 9.17) is 9.47 Å². The van der Waals surface area contributed by atoms with Crippen LogP contribution in [0.4, 0.5) is 11.4 Å². The fourth-order valence-corrected chi connectivity index (χ4v) is 3.87. The Morgan fingerprint density at radius 2 is 2.06 bits per heavy atom. The summed E-state index contributed by atoms with van der Waals surface area (Å²) in [5.74, 6) is -0.840. The van der Waals surface area contributed by atoms with Gasteiger partial charge in [-0.1, -0.05) is 12.1 Å². The summed E-state index contributed by atoms with van der Waals surface area (Å²) >= 11 is 1.53. The van der Waals surface area contributed by atoms with Gasteiger partial charge in [0.1, 0.15) is 12.3 Å². The highest BCUT2D eigenvalue weighted by Gasteiger charge is 2.28. The molecule has 0 bridgehead atoms. The fourth-order valence-electron chi connectivity index (χ4n) is 3.24. The molecule has 0 aliphatic carbocycles. The van der Waals surface area contributed by atoms with Crippen LogP contribution in [0.5, 0.6) is 5.75 Å². The lowest BCUT2D eigenvalue weighted by Crippen LogP contribution is -2.43. The largest absolute Gasteiger partial charge is 0.482 e. The van der Waals surface area contributed by atoms with Crippen molar-refractivity contribution in [1.29, 1.82) is 0 Å². The number of aromatic nitrogens is 1. The molecule has 0 radical (unpaired) electrons. The normalized spacial score (nSPS) is 12.7. The zero-order chi connectivity index (χ0) is 22.0. The van der Waals surface area contributed by atoms with E-state index in [1.54, 1.807) is 36.4 Å². The Morgan fingerprint density at radius 3 is 2.81 bits per heavy atom. The van der Waals surface area contributed by atoms with Crippen LogP contribution in [0, 0.1) is 6.92 Å². The van der Waals surface area contributed by atoms with Gasteiger partial charge in [0.2, 0.25) is 5.91 Å². The Bertz CT molecular complexity index is 1170. The molecular weight excluding hydrogens is 418 g/mol. The average molecular weight is 437 g/mol. The van der Waals surface area contributed by atoms with Crippen molar-refractivity contribution in [2.45, 2.75) is 6.92 Å². The van der Waals surface area contributed by atoms with Gasteiger partial charge in [-0.05, 0) is 37.3 Å². The molecule has 31 heavy (non-hydrogen) atoms. The molecule has 0 saturated carbocycles. The highest BCUT2D eigenvalue weighted by atomic mass is 32.1. The van der Waals surface area contributed by atoms with E-state index in [-0.39, 0.29) is 24.6 Å². The second-order valence-electron chi connectivity index (χ2n) is 6.79. The van der Waals surface area contributed by atoms with Gasteiger partial charge in [0.25, 0.3) is 5.91 Å². The lowest BCUT2D eigenvalue weighted by atomic mass is 10.1. The number of esters is 1. The van der Waals surface area contributed by atoms with E-state index >= 15 is 0 Å². The summed E-state index contributed by atoms with van der Waals surface area (Å²) in [6, 6.07) is 11.9. The molecule has 9 heteroatoms. The van der Waals surface area contributed by atoms with E-state index in [0.717, 1.165) is 16.3 Å². The van der Waals surface area contributed by atoms with Crippen molar-refractivity contribution in [1.82, 2.24) is 4.98 Å². The van der Waals surface area contributed by atoms with Crippen molar-refractivity contribution >= 4 is 40.5 Å². The second kappa shape index (κ2) is 8.57. The molecule has 0 atom stereocenters. The number of thiazole rings is 1. The van der Waals surface area contributed by atoms with Crippen LogP contribution in [0.1, 0.15) is 15.4 Å². The molecular formula is C22H19N3O5S. The van der Waals surface area contributed by atoms with E-state index in [1.165, 1.54) is 23.3 Å². The minimum absolute atomic E-state index is 0.159. The monoisotopic (exact) mass is 437 g/mol. The molecule has 3 aromatic rings. The van der Waals surface area contributed by atoms with Gasteiger partial charge in [0.05, 0.1) is 34.7 Å². The third-order valence-corrected chi connectivity index (χ3v) is 5.50. The maximum Gasteiger partial charge on any atom is 0.339 e. The summed E-state index contributed by atoms with van der Waals surface area (Å²) in [5, 5.41) is 5.55. The van der Waals surface area contributed by atoms with Gasteiger partial charge in [-0.15, -0.1) is 11.3 Å². The smallest absolute Gasteiger partial charge is 0.339 e. The number of aryl methyl sites for hydroxylation is 1. The summed E-state index contributed by atoms with van der Waals surface area (Å²) in [5.41, 5.74) is 2.65. The molecule has 2 heterocycles. The maximum absolute atomic E-state index is 12.7. The highest BCUT2D eigenvalue weighted by Crippen LogP contribution is 2.36. The topological polar surface area (TPSA) is 97.8 Å². The number of hydrogen-bond donors (Lipinski definition) is 1. The predicted octanol–water partition coefficient (Wildman–Crippen LogP) is 3.27. The van der Waals surface area contributed by atoms with E-state index in [1.807, 2.05) is 18.4 Å². The van der Waals surface area contributed by atoms with Crippen LogP contribution in [-0.2, 0) is 14.3 Å². The Hall–Kier alpha value is -3.72. The first kappa shape index (κ1) is 20.5. The molecule has 158 valence electrons. The van der Waals surface area contributed by atoms with Crippen molar-refractivity contribution in [3.8, 4) is 17.0 Å². The van der Waals surface area contributed by atoms with Crippen LogP contribution in [0.25, 0.3) is 11.3 Å². The van der Waals surface area contributed by atoms with Crippen molar-refractivity contribution in [3.63, 3.8) is 0 Å². The summed E-state index contributed by atoms with van der Waals surface area (Å²) in [4.78, 5) is 43.1. The van der Waals surface area contributed by atoms with Crippen molar-refractivity contribution in [2.24, 2.45) is 0 Å². The molecule has 2 amide bonds. The van der Waals surface area contributed by atoms with Gasteiger partial charge >= 0.3 is 5.97 Å². The lowest BCUT2D eigenvalue weighted by Gasteiger charge is -2.29. The SMILES string of the molecule is COC(=O)c1ccccc1NC(=O)CN1C(=O)COc2ccc(-c3csc(C)n3)cc21. The molecule has 0 unspecified atom stereocenters. The molecule has 0 saturated heterocycles. The van der Waals surface area contributed by atoms with Gasteiger partial charge < -0.3 is 14.8 Å². The molecule has 0 spiro atoms. The van der Waals surface area contributed by atoms with Crippen LogP contribution < -0.4 is 15.0 Å². The molecule has 2 aromatic carbocycles. The highest BCUT2D eigenvalue weighted by molar-refractivity contribution is 7.09. The molecule has 1 aromatic heterocycles. The van der Waals surface area contributed by atoms with Crippen LogP contribution >= 0.6 is 11.3 Å². The molecule has 1 aliphatic rings. The summed E-state index contributed by atoms with van der Waals surface area (Å²) in [7, 11) is 1.27. The number of carbonyl (C=O) groups excluding carboxylic acids is 3. The van der Waals surface area contributed by atoms with Crippen molar-refractivity contribution < 1.29 is 23.9 Å². The average Bonchev–Trinajstić information content (AvgIpc) is 3.21. The van der Waals surface area contributed by atoms with Crippen molar-refractivity contribution in [3.05, 3.63) is 58.4 Å². The van der Waals surface area contributed by atoms with E-state index in [9.17, 15) is 14.4 Å². The molecule has 4 rings (SSSR count). The van der Waals surface area contributed by atoms with Crippen LogP contribution in [0.3, 0.4) is 0 Å². The Balaban J connectivity index is 1.59. The van der Waals surface area contributed by atoms with E-state index in [2.05, 4.69) is 10.3 Å². The first-order chi connectivity index (χ1) is 15.0. The number of hydrogen-bond acceptors (Lipinski definition) is 7. The van der Waals surface area contributed by atoms with Crippen LogP contribution in [-0.4, -0.2) is 43.0 Å². The Kier molecular flexibility index (Phi) is 5.68.